The second-order valence-electron chi connectivity index (χ2n) is 7.39. The van der Waals surface area contributed by atoms with Crippen LogP contribution in [0.1, 0.15) is 18.1 Å². The zero-order valence-electron chi connectivity index (χ0n) is 17.7. The number of quaternary nitrogens is 1. The minimum absolute atomic E-state index is 0.00279. The average Bonchev–Trinajstić information content (AvgIpc) is 2.74. The van der Waals surface area contributed by atoms with E-state index in [1.807, 2.05) is 75.5 Å². The molecule has 2 atom stereocenters. The van der Waals surface area contributed by atoms with Crippen molar-refractivity contribution in [3.8, 4) is 11.5 Å². The highest BCUT2D eigenvalue weighted by atomic mass is 16.5. The zero-order valence-corrected chi connectivity index (χ0v) is 17.7. The van der Waals surface area contributed by atoms with Crippen molar-refractivity contribution in [2.24, 2.45) is 0 Å². The summed E-state index contributed by atoms with van der Waals surface area (Å²) in [6.07, 6.45) is 0. The molecule has 3 aromatic carbocycles. The van der Waals surface area contributed by atoms with Gasteiger partial charge in [0.25, 0.3) is 5.91 Å². The summed E-state index contributed by atoms with van der Waals surface area (Å²) >= 11 is 0. The fourth-order valence-corrected chi connectivity index (χ4v) is 3.47. The Morgan fingerprint density at radius 3 is 2.41 bits per heavy atom. The number of carbonyl (C=O) groups excluding carboxylic acids is 1. The Kier molecular flexibility index (Phi) is 6.39. The predicted molar refractivity (Wildman–Crippen MR) is 117 cm³/mol. The summed E-state index contributed by atoms with van der Waals surface area (Å²) in [6.45, 7) is 4.70. The molecule has 0 aliphatic heterocycles. The lowest BCUT2D eigenvalue weighted by Gasteiger charge is -2.23. The van der Waals surface area contributed by atoms with E-state index in [9.17, 15) is 4.79 Å². The first kappa shape index (κ1) is 20.7. The molecule has 0 spiro atoms. The van der Waals surface area contributed by atoms with Crippen molar-refractivity contribution in [2.45, 2.75) is 26.4 Å². The van der Waals surface area contributed by atoms with Crippen LogP contribution in [0.2, 0.25) is 0 Å². The lowest BCUT2D eigenvalue weighted by Crippen LogP contribution is -3.12. The topological polar surface area (TPSA) is 52.0 Å². The SMILES string of the molecule is COc1cc(C)c(C[NH+](C)[C@H](C)C(=O)Nc2cccc3ccccc23)cc1OC. The molecule has 0 aliphatic rings. The van der Waals surface area contributed by atoms with E-state index in [0.717, 1.165) is 32.5 Å². The Labute approximate surface area is 172 Å². The Morgan fingerprint density at radius 2 is 1.69 bits per heavy atom. The molecule has 0 saturated carbocycles. The summed E-state index contributed by atoms with van der Waals surface area (Å²) in [5, 5.41) is 5.26. The first-order chi connectivity index (χ1) is 13.9. The van der Waals surface area contributed by atoms with Gasteiger partial charge in [0.15, 0.2) is 17.5 Å². The number of fused-ring (bicyclic) bond motifs is 1. The average molecular weight is 394 g/mol. The van der Waals surface area contributed by atoms with Gasteiger partial charge in [-0.15, -0.1) is 0 Å². The molecule has 5 nitrogen and oxygen atoms in total. The van der Waals surface area contributed by atoms with Crippen LogP contribution >= 0.6 is 0 Å². The van der Waals surface area contributed by atoms with Crippen LogP contribution in [0.25, 0.3) is 10.8 Å². The molecule has 29 heavy (non-hydrogen) atoms. The Hall–Kier alpha value is -3.05. The zero-order chi connectivity index (χ0) is 21.0. The van der Waals surface area contributed by atoms with Crippen molar-refractivity contribution >= 4 is 22.4 Å². The van der Waals surface area contributed by atoms with E-state index in [1.54, 1.807) is 14.2 Å². The molecule has 3 rings (SSSR count). The van der Waals surface area contributed by atoms with E-state index in [-0.39, 0.29) is 11.9 Å². The summed E-state index contributed by atoms with van der Waals surface area (Å²) in [5.41, 5.74) is 3.09. The smallest absolute Gasteiger partial charge is 0.282 e. The number of aryl methyl sites for hydroxylation is 1. The monoisotopic (exact) mass is 393 g/mol. The fourth-order valence-electron chi connectivity index (χ4n) is 3.47. The quantitative estimate of drug-likeness (QED) is 0.648. The fraction of sp³-hybridized carbons (Fsp3) is 0.292. The van der Waals surface area contributed by atoms with Crippen LogP contribution in [-0.2, 0) is 11.3 Å². The molecule has 0 bridgehead atoms. The van der Waals surface area contributed by atoms with E-state index < -0.39 is 0 Å². The van der Waals surface area contributed by atoms with E-state index in [2.05, 4.69) is 5.32 Å². The maximum Gasteiger partial charge on any atom is 0.282 e. The molecular weight excluding hydrogens is 364 g/mol. The number of methoxy groups -OCH3 is 2. The number of nitrogens with one attached hydrogen (secondary N) is 2. The van der Waals surface area contributed by atoms with Gasteiger partial charge in [0, 0.05) is 16.6 Å². The van der Waals surface area contributed by atoms with Crippen molar-refractivity contribution in [1.29, 1.82) is 0 Å². The molecule has 0 fully saturated rings. The van der Waals surface area contributed by atoms with Crippen LogP contribution in [0.15, 0.2) is 54.6 Å². The Bertz CT molecular complexity index is 1010. The highest BCUT2D eigenvalue weighted by Gasteiger charge is 2.23. The van der Waals surface area contributed by atoms with Gasteiger partial charge < -0.3 is 19.7 Å². The molecule has 3 aromatic rings. The number of amides is 1. The number of likely N-dealkylation sites (N-methyl/N-ethyl adjacent to an activating group) is 1. The van der Waals surface area contributed by atoms with Gasteiger partial charge in [-0.2, -0.15) is 0 Å². The van der Waals surface area contributed by atoms with Crippen molar-refractivity contribution < 1.29 is 19.2 Å². The molecular formula is C24H29N2O3+. The van der Waals surface area contributed by atoms with Gasteiger partial charge in [-0.05, 0) is 43.0 Å². The van der Waals surface area contributed by atoms with Crippen molar-refractivity contribution in [3.63, 3.8) is 0 Å². The van der Waals surface area contributed by atoms with Gasteiger partial charge in [-0.25, -0.2) is 0 Å². The lowest BCUT2D eigenvalue weighted by atomic mass is 10.1. The van der Waals surface area contributed by atoms with Crippen LogP contribution in [0, 0.1) is 6.92 Å². The Morgan fingerprint density at radius 1 is 1.03 bits per heavy atom. The highest BCUT2D eigenvalue weighted by Crippen LogP contribution is 2.30. The highest BCUT2D eigenvalue weighted by molar-refractivity contribution is 6.03. The van der Waals surface area contributed by atoms with Gasteiger partial charge in [-0.1, -0.05) is 36.4 Å². The lowest BCUT2D eigenvalue weighted by molar-refractivity contribution is -0.907. The first-order valence-corrected chi connectivity index (χ1v) is 9.77. The van der Waals surface area contributed by atoms with Gasteiger partial charge in [0.1, 0.15) is 6.54 Å². The predicted octanol–water partition coefficient (Wildman–Crippen LogP) is 3.21. The molecule has 152 valence electrons. The third-order valence-corrected chi connectivity index (χ3v) is 5.49. The van der Waals surface area contributed by atoms with Crippen LogP contribution in [0.4, 0.5) is 5.69 Å². The molecule has 5 heteroatoms. The minimum Gasteiger partial charge on any atom is -0.493 e. The number of ether oxygens (including phenoxy) is 2. The van der Waals surface area contributed by atoms with Gasteiger partial charge >= 0.3 is 0 Å². The van der Waals surface area contributed by atoms with Crippen molar-refractivity contribution in [1.82, 2.24) is 0 Å². The number of benzene rings is 3. The number of rotatable bonds is 7. The number of anilines is 1. The van der Waals surface area contributed by atoms with Crippen LogP contribution in [0.3, 0.4) is 0 Å². The standard InChI is InChI=1S/C24H28N2O3/c1-16-13-22(28-4)23(29-5)14-19(16)15-26(3)17(2)24(27)25-21-12-8-10-18-9-6-7-11-20(18)21/h6-14,17H,15H2,1-5H3,(H,25,27)/p+1/t17-/m1/s1. The number of carbonyl (C=O) groups is 1. The molecule has 1 unspecified atom stereocenters. The van der Waals surface area contributed by atoms with E-state index >= 15 is 0 Å². The van der Waals surface area contributed by atoms with Crippen LogP contribution in [-0.4, -0.2) is 33.2 Å². The Balaban J connectivity index is 1.74. The summed E-state index contributed by atoms with van der Waals surface area (Å²) in [7, 11) is 5.30. The molecule has 0 saturated heterocycles. The summed E-state index contributed by atoms with van der Waals surface area (Å²) in [5.74, 6) is 1.42. The van der Waals surface area contributed by atoms with E-state index in [0.29, 0.717) is 18.0 Å². The van der Waals surface area contributed by atoms with Gasteiger partial charge in [0.2, 0.25) is 0 Å². The molecule has 1 amide bonds. The largest absolute Gasteiger partial charge is 0.493 e. The molecule has 0 heterocycles. The molecule has 0 aliphatic carbocycles. The summed E-state index contributed by atoms with van der Waals surface area (Å²) in [6, 6.07) is 17.8. The van der Waals surface area contributed by atoms with Gasteiger partial charge in [0.05, 0.1) is 21.3 Å². The van der Waals surface area contributed by atoms with Crippen molar-refractivity contribution in [3.05, 3.63) is 65.7 Å². The van der Waals surface area contributed by atoms with Gasteiger partial charge in [-0.3, -0.25) is 4.79 Å². The molecule has 2 N–H and O–H groups in total. The number of hydrogen-bond donors (Lipinski definition) is 2. The van der Waals surface area contributed by atoms with Crippen molar-refractivity contribution in [2.75, 3.05) is 26.6 Å². The third-order valence-electron chi connectivity index (χ3n) is 5.49. The molecule has 0 radical (unpaired) electrons. The summed E-state index contributed by atoms with van der Waals surface area (Å²) < 4.78 is 10.8. The minimum atomic E-state index is -0.221. The number of hydrogen-bond acceptors (Lipinski definition) is 3. The summed E-state index contributed by atoms with van der Waals surface area (Å²) in [4.78, 5) is 14.0. The normalized spacial score (nSPS) is 13.0. The van der Waals surface area contributed by atoms with Crippen LogP contribution in [0.5, 0.6) is 11.5 Å². The maximum absolute atomic E-state index is 12.9. The van der Waals surface area contributed by atoms with E-state index in [4.69, 9.17) is 9.47 Å². The molecule has 0 aromatic heterocycles. The first-order valence-electron chi connectivity index (χ1n) is 9.77. The maximum atomic E-state index is 12.9. The van der Waals surface area contributed by atoms with E-state index in [1.165, 1.54) is 0 Å². The third kappa shape index (κ3) is 4.51. The second-order valence-corrected chi connectivity index (χ2v) is 7.39. The second kappa shape index (κ2) is 8.97. The van der Waals surface area contributed by atoms with Crippen LogP contribution < -0.4 is 19.7 Å².